The zero-order chi connectivity index (χ0) is 17.4. The van der Waals surface area contributed by atoms with Crippen molar-refractivity contribution < 1.29 is 14.3 Å². The van der Waals surface area contributed by atoms with E-state index >= 15 is 0 Å². The summed E-state index contributed by atoms with van der Waals surface area (Å²) in [5.74, 6) is 0.235. The van der Waals surface area contributed by atoms with E-state index in [-0.39, 0.29) is 24.3 Å². The van der Waals surface area contributed by atoms with Gasteiger partial charge in [-0.3, -0.25) is 9.59 Å². The molecule has 128 valence electrons. The Morgan fingerprint density at radius 3 is 2.43 bits per heavy atom. The maximum atomic E-state index is 11.9. The molecule has 0 aliphatic rings. The van der Waals surface area contributed by atoms with E-state index in [2.05, 4.69) is 5.32 Å². The zero-order valence-corrected chi connectivity index (χ0v) is 14.9. The summed E-state index contributed by atoms with van der Waals surface area (Å²) in [5.41, 5.74) is 0.614. The van der Waals surface area contributed by atoms with E-state index in [1.165, 1.54) is 0 Å². The largest absolute Gasteiger partial charge is 0.482 e. The van der Waals surface area contributed by atoms with E-state index < -0.39 is 0 Å². The van der Waals surface area contributed by atoms with Gasteiger partial charge in [-0.2, -0.15) is 0 Å². The van der Waals surface area contributed by atoms with Crippen LogP contribution in [0.25, 0.3) is 0 Å². The van der Waals surface area contributed by atoms with Gasteiger partial charge in [-0.05, 0) is 38.5 Å². The Morgan fingerprint density at radius 2 is 1.91 bits per heavy atom. The van der Waals surface area contributed by atoms with Gasteiger partial charge in [0.25, 0.3) is 5.91 Å². The number of amides is 2. The number of nitrogens with zero attached hydrogens (tertiary/aromatic N) is 1. The molecule has 0 bridgehead atoms. The Kier molecular flexibility index (Phi) is 7.89. The molecular formula is C17H25ClN2O3. The van der Waals surface area contributed by atoms with E-state index in [1.54, 1.807) is 23.1 Å². The number of anilines is 1. The zero-order valence-electron chi connectivity index (χ0n) is 14.2. The normalized spacial score (nSPS) is 11.7. The lowest BCUT2D eigenvalue weighted by Crippen LogP contribution is -2.34. The van der Waals surface area contributed by atoms with E-state index in [0.29, 0.717) is 29.5 Å². The van der Waals surface area contributed by atoms with Gasteiger partial charge in [-0.25, -0.2) is 0 Å². The van der Waals surface area contributed by atoms with E-state index in [4.69, 9.17) is 16.3 Å². The van der Waals surface area contributed by atoms with Crippen molar-refractivity contribution in [3.63, 3.8) is 0 Å². The molecule has 0 aliphatic heterocycles. The molecule has 0 fully saturated rings. The highest BCUT2D eigenvalue weighted by molar-refractivity contribution is 6.32. The lowest BCUT2D eigenvalue weighted by Gasteiger charge is -2.19. The van der Waals surface area contributed by atoms with Crippen LogP contribution in [-0.4, -0.2) is 36.4 Å². The molecule has 1 N–H and O–H groups in total. The molecule has 0 saturated carbocycles. The predicted octanol–water partition coefficient (Wildman–Crippen LogP) is 3.57. The molecule has 2 amide bonds. The Bertz CT molecular complexity index is 545. The van der Waals surface area contributed by atoms with Gasteiger partial charge in [0.2, 0.25) is 5.91 Å². The van der Waals surface area contributed by atoms with Gasteiger partial charge in [0, 0.05) is 24.7 Å². The number of hydrogen-bond acceptors (Lipinski definition) is 3. The fourth-order valence-corrected chi connectivity index (χ4v) is 2.19. The summed E-state index contributed by atoms with van der Waals surface area (Å²) in [6, 6.07) is 4.99. The smallest absolute Gasteiger partial charge is 0.260 e. The molecule has 1 rings (SSSR count). The minimum Gasteiger partial charge on any atom is -0.482 e. The molecule has 23 heavy (non-hydrogen) atoms. The summed E-state index contributed by atoms with van der Waals surface area (Å²) in [7, 11) is 0. The van der Waals surface area contributed by atoms with Crippen LogP contribution in [-0.2, 0) is 9.59 Å². The Morgan fingerprint density at radius 1 is 1.26 bits per heavy atom. The Balaban J connectivity index is 2.66. The quantitative estimate of drug-likeness (QED) is 0.787. The Labute approximate surface area is 142 Å². The first-order chi connectivity index (χ1) is 10.9. The SMILES string of the molecule is CCC(C)C(=O)Nc1ccc(OCC(=O)N(CC)CC)c(Cl)c1. The van der Waals surface area contributed by atoms with Gasteiger partial charge >= 0.3 is 0 Å². The first-order valence-electron chi connectivity index (χ1n) is 7.93. The third kappa shape index (κ3) is 5.75. The second-order valence-corrected chi connectivity index (χ2v) is 5.71. The number of benzene rings is 1. The van der Waals surface area contributed by atoms with E-state index in [0.717, 1.165) is 6.42 Å². The summed E-state index contributed by atoms with van der Waals surface area (Å²) in [6.07, 6.45) is 0.772. The minimum absolute atomic E-state index is 0.0473. The third-order valence-electron chi connectivity index (χ3n) is 3.73. The maximum absolute atomic E-state index is 11.9. The van der Waals surface area contributed by atoms with Gasteiger partial charge in [-0.1, -0.05) is 25.4 Å². The highest BCUT2D eigenvalue weighted by Crippen LogP contribution is 2.28. The molecule has 0 aliphatic carbocycles. The van der Waals surface area contributed by atoms with Crippen molar-refractivity contribution in [1.82, 2.24) is 4.90 Å². The van der Waals surface area contributed by atoms with Crippen LogP contribution in [0, 0.1) is 5.92 Å². The van der Waals surface area contributed by atoms with Gasteiger partial charge < -0.3 is 15.0 Å². The summed E-state index contributed by atoms with van der Waals surface area (Å²) in [6.45, 7) is 8.90. The van der Waals surface area contributed by atoms with Crippen LogP contribution >= 0.6 is 11.6 Å². The third-order valence-corrected chi connectivity index (χ3v) is 4.02. The Hall–Kier alpha value is -1.75. The molecule has 0 radical (unpaired) electrons. The highest BCUT2D eigenvalue weighted by atomic mass is 35.5. The number of likely N-dealkylation sites (N-methyl/N-ethyl adjacent to an activating group) is 1. The van der Waals surface area contributed by atoms with Gasteiger partial charge in [0.1, 0.15) is 5.75 Å². The molecule has 1 atom stereocenters. The molecular weight excluding hydrogens is 316 g/mol. The molecule has 0 spiro atoms. The monoisotopic (exact) mass is 340 g/mol. The van der Waals surface area contributed by atoms with Crippen LogP contribution in [0.1, 0.15) is 34.1 Å². The fraction of sp³-hybridized carbons (Fsp3) is 0.529. The van der Waals surface area contributed by atoms with Crippen LogP contribution in [0.15, 0.2) is 18.2 Å². The van der Waals surface area contributed by atoms with E-state index in [9.17, 15) is 9.59 Å². The number of carbonyl (C=O) groups excluding carboxylic acids is 2. The summed E-state index contributed by atoms with van der Waals surface area (Å²) in [4.78, 5) is 25.5. The maximum Gasteiger partial charge on any atom is 0.260 e. The molecule has 1 aromatic rings. The van der Waals surface area contributed by atoms with Crippen molar-refractivity contribution in [2.75, 3.05) is 25.0 Å². The molecule has 1 unspecified atom stereocenters. The standard InChI is InChI=1S/C17H25ClN2O3/c1-5-12(4)17(22)19-13-8-9-15(14(18)10-13)23-11-16(21)20(6-2)7-3/h8-10,12H,5-7,11H2,1-4H3,(H,19,22). The molecule has 0 aromatic heterocycles. The first-order valence-corrected chi connectivity index (χ1v) is 8.31. The van der Waals surface area contributed by atoms with Crippen molar-refractivity contribution in [2.24, 2.45) is 5.92 Å². The highest BCUT2D eigenvalue weighted by Gasteiger charge is 2.13. The number of hydrogen-bond donors (Lipinski definition) is 1. The number of ether oxygens (including phenoxy) is 1. The van der Waals surface area contributed by atoms with Crippen LogP contribution in [0.2, 0.25) is 5.02 Å². The van der Waals surface area contributed by atoms with Crippen LogP contribution < -0.4 is 10.1 Å². The summed E-state index contributed by atoms with van der Waals surface area (Å²) < 4.78 is 5.48. The van der Waals surface area contributed by atoms with Crippen LogP contribution in [0.3, 0.4) is 0 Å². The van der Waals surface area contributed by atoms with Crippen molar-refractivity contribution in [3.8, 4) is 5.75 Å². The number of nitrogens with one attached hydrogen (secondary N) is 1. The van der Waals surface area contributed by atoms with Gasteiger partial charge in [0.05, 0.1) is 5.02 Å². The summed E-state index contributed by atoms with van der Waals surface area (Å²) >= 11 is 6.16. The van der Waals surface area contributed by atoms with Crippen molar-refractivity contribution >= 4 is 29.1 Å². The van der Waals surface area contributed by atoms with Gasteiger partial charge in [0.15, 0.2) is 6.61 Å². The van der Waals surface area contributed by atoms with Crippen molar-refractivity contribution in [1.29, 1.82) is 0 Å². The molecule has 0 saturated heterocycles. The predicted molar refractivity (Wildman–Crippen MR) is 93.0 cm³/mol. The molecule has 1 aromatic carbocycles. The minimum atomic E-state index is -0.0831. The number of carbonyl (C=O) groups is 2. The summed E-state index contributed by atoms with van der Waals surface area (Å²) in [5, 5.41) is 3.17. The lowest BCUT2D eigenvalue weighted by atomic mass is 10.1. The average molecular weight is 341 g/mol. The molecule has 6 heteroatoms. The van der Waals surface area contributed by atoms with Crippen LogP contribution in [0.5, 0.6) is 5.75 Å². The van der Waals surface area contributed by atoms with E-state index in [1.807, 2.05) is 27.7 Å². The van der Waals surface area contributed by atoms with Crippen molar-refractivity contribution in [2.45, 2.75) is 34.1 Å². The molecule has 0 heterocycles. The average Bonchev–Trinajstić information content (AvgIpc) is 2.54. The van der Waals surface area contributed by atoms with Crippen molar-refractivity contribution in [3.05, 3.63) is 23.2 Å². The number of halogens is 1. The lowest BCUT2D eigenvalue weighted by molar-refractivity contribution is -0.133. The topological polar surface area (TPSA) is 58.6 Å². The molecule has 5 nitrogen and oxygen atoms in total. The fourth-order valence-electron chi connectivity index (χ4n) is 1.95. The second kappa shape index (κ2) is 9.40. The van der Waals surface area contributed by atoms with Crippen LogP contribution in [0.4, 0.5) is 5.69 Å². The second-order valence-electron chi connectivity index (χ2n) is 5.30. The number of rotatable bonds is 8. The van der Waals surface area contributed by atoms with Gasteiger partial charge in [-0.15, -0.1) is 0 Å². The first kappa shape index (κ1) is 19.3.